The quantitative estimate of drug-likeness (QED) is 0.580. The molecule has 1 aromatic carbocycles. The molecule has 2 rings (SSSR count). The van der Waals surface area contributed by atoms with Gasteiger partial charge in [0, 0.05) is 30.0 Å². The van der Waals surface area contributed by atoms with Crippen molar-refractivity contribution in [1.29, 1.82) is 0 Å². The van der Waals surface area contributed by atoms with E-state index in [4.69, 9.17) is 20.9 Å². The van der Waals surface area contributed by atoms with E-state index >= 15 is 0 Å². The molecule has 2 amide bonds. The standard InChI is InChI=1S/C17H19BrClN3O4/c1-11-9-14(22-26-11)17(24)21-7-6-20-16(23)3-2-8-25-15-5-4-12(18)10-13(15)19/h4-5,9-10H,2-3,6-8H2,1H3,(H,20,23)(H,21,24). The number of hydrogen-bond donors (Lipinski definition) is 2. The minimum absolute atomic E-state index is 0.109. The first-order valence-electron chi connectivity index (χ1n) is 8.02. The summed E-state index contributed by atoms with van der Waals surface area (Å²) in [5.41, 5.74) is 0.220. The van der Waals surface area contributed by atoms with E-state index in [9.17, 15) is 9.59 Å². The van der Waals surface area contributed by atoms with Crippen molar-refractivity contribution in [1.82, 2.24) is 15.8 Å². The summed E-state index contributed by atoms with van der Waals surface area (Å²) in [4.78, 5) is 23.5. The number of nitrogens with zero attached hydrogens (tertiary/aromatic N) is 1. The number of rotatable bonds is 9. The Hall–Kier alpha value is -2.06. The van der Waals surface area contributed by atoms with E-state index in [0.717, 1.165) is 4.47 Å². The largest absolute Gasteiger partial charge is 0.492 e. The first kappa shape index (κ1) is 20.3. The number of nitrogens with one attached hydrogen (secondary N) is 2. The van der Waals surface area contributed by atoms with E-state index in [2.05, 4.69) is 31.7 Å². The van der Waals surface area contributed by atoms with Gasteiger partial charge in [-0.2, -0.15) is 0 Å². The zero-order valence-electron chi connectivity index (χ0n) is 14.2. The lowest BCUT2D eigenvalue weighted by Gasteiger charge is -2.09. The van der Waals surface area contributed by atoms with Gasteiger partial charge in [0.2, 0.25) is 5.91 Å². The number of amides is 2. The molecule has 0 radical (unpaired) electrons. The highest BCUT2D eigenvalue weighted by atomic mass is 79.9. The molecule has 2 aromatic rings. The summed E-state index contributed by atoms with van der Waals surface area (Å²) in [6.45, 7) is 2.73. The average molecular weight is 445 g/mol. The first-order chi connectivity index (χ1) is 12.5. The van der Waals surface area contributed by atoms with Crippen molar-refractivity contribution < 1.29 is 18.8 Å². The van der Waals surface area contributed by atoms with Crippen LogP contribution in [0.25, 0.3) is 0 Å². The van der Waals surface area contributed by atoms with E-state index < -0.39 is 0 Å². The molecule has 1 heterocycles. The van der Waals surface area contributed by atoms with Crippen LogP contribution in [0.1, 0.15) is 29.1 Å². The molecule has 0 aliphatic carbocycles. The van der Waals surface area contributed by atoms with Crippen LogP contribution < -0.4 is 15.4 Å². The van der Waals surface area contributed by atoms with Gasteiger partial charge in [-0.1, -0.05) is 32.7 Å². The van der Waals surface area contributed by atoms with Gasteiger partial charge < -0.3 is 19.9 Å². The third-order valence-corrected chi connectivity index (χ3v) is 4.08. The molecule has 140 valence electrons. The van der Waals surface area contributed by atoms with Crippen LogP contribution in [0.5, 0.6) is 5.75 Å². The summed E-state index contributed by atoms with van der Waals surface area (Å²) in [6.07, 6.45) is 0.882. The maximum absolute atomic E-state index is 11.7. The van der Waals surface area contributed by atoms with Crippen molar-refractivity contribution >= 4 is 39.3 Å². The highest BCUT2D eigenvalue weighted by Crippen LogP contribution is 2.27. The van der Waals surface area contributed by atoms with Gasteiger partial charge in [-0.15, -0.1) is 0 Å². The van der Waals surface area contributed by atoms with Gasteiger partial charge in [0.1, 0.15) is 11.5 Å². The number of aromatic nitrogens is 1. The second kappa shape index (κ2) is 10.2. The number of carbonyl (C=O) groups is 2. The molecule has 26 heavy (non-hydrogen) atoms. The lowest BCUT2D eigenvalue weighted by molar-refractivity contribution is -0.121. The molecule has 1 aromatic heterocycles. The fraction of sp³-hybridized carbons (Fsp3) is 0.353. The maximum Gasteiger partial charge on any atom is 0.273 e. The molecule has 0 fully saturated rings. The summed E-state index contributed by atoms with van der Waals surface area (Å²) in [5, 5.41) is 9.51. The Kier molecular flexibility index (Phi) is 7.93. The third-order valence-electron chi connectivity index (χ3n) is 3.29. The van der Waals surface area contributed by atoms with Crippen molar-refractivity contribution in [2.24, 2.45) is 0 Å². The first-order valence-corrected chi connectivity index (χ1v) is 9.19. The highest BCUT2D eigenvalue weighted by Gasteiger charge is 2.10. The topological polar surface area (TPSA) is 93.5 Å². The second-order valence-corrected chi connectivity index (χ2v) is 6.78. The van der Waals surface area contributed by atoms with Crippen molar-refractivity contribution in [3.05, 3.63) is 45.2 Å². The van der Waals surface area contributed by atoms with Gasteiger partial charge in [-0.05, 0) is 31.5 Å². The van der Waals surface area contributed by atoms with Gasteiger partial charge in [0.15, 0.2) is 5.69 Å². The van der Waals surface area contributed by atoms with Crippen molar-refractivity contribution in [3.63, 3.8) is 0 Å². The summed E-state index contributed by atoms with van der Waals surface area (Å²) in [7, 11) is 0. The fourth-order valence-corrected chi connectivity index (χ4v) is 2.77. The predicted molar refractivity (Wildman–Crippen MR) is 100 cm³/mol. The summed E-state index contributed by atoms with van der Waals surface area (Å²) in [5.74, 6) is 0.703. The summed E-state index contributed by atoms with van der Waals surface area (Å²) in [6, 6.07) is 6.90. The Morgan fingerprint density at radius 1 is 1.27 bits per heavy atom. The lowest BCUT2D eigenvalue weighted by atomic mass is 10.3. The van der Waals surface area contributed by atoms with Crippen LogP contribution in [-0.2, 0) is 4.79 Å². The molecule has 0 saturated heterocycles. The van der Waals surface area contributed by atoms with Crippen molar-refractivity contribution in [2.75, 3.05) is 19.7 Å². The number of carbonyl (C=O) groups excluding carboxylic acids is 2. The summed E-state index contributed by atoms with van der Waals surface area (Å²) < 4.78 is 11.2. The van der Waals surface area contributed by atoms with Gasteiger partial charge in [-0.25, -0.2) is 0 Å². The highest BCUT2D eigenvalue weighted by molar-refractivity contribution is 9.10. The van der Waals surface area contributed by atoms with Gasteiger partial charge in [0.25, 0.3) is 5.91 Å². The molecular formula is C17H19BrClN3O4. The van der Waals surface area contributed by atoms with E-state index in [1.54, 1.807) is 25.1 Å². The van der Waals surface area contributed by atoms with Crippen LogP contribution in [0.3, 0.4) is 0 Å². The van der Waals surface area contributed by atoms with Crippen LogP contribution in [0, 0.1) is 6.92 Å². The smallest absolute Gasteiger partial charge is 0.273 e. The molecule has 0 spiro atoms. The Bertz CT molecular complexity index is 766. The molecule has 0 aliphatic rings. The monoisotopic (exact) mass is 443 g/mol. The van der Waals surface area contributed by atoms with E-state index in [-0.39, 0.29) is 17.5 Å². The average Bonchev–Trinajstić information content (AvgIpc) is 3.03. The zero-order valence-corrected chi connectivity index (χ0v) is 16.5. The number of halogens is 2. The molecule has 0 unspecified atom stereocenters. The third kappa shape index (κ3) is 6.68. The van der Waals surface area contributed by atoms with Crippen LogP contribution in [0.15, 0.2) is 33.3 Å². The molecule has 7 nitrogen and oxygen atoms in total. The SMILES string of the molecule is Cc1cc(C(=O)NCCNC(=O)CCCOc2ccc(Br)cc2Cl)no1. The molecule has 9 heteroatoms. The second-order valence-electron chi connectivity index (χ2n) is 5.46. The maximum atomic E-state index is 11.7. The van der Waals surface area contributed by atoms with Gasteiger partial charge in [-0.3, -0.25) is 9.59 Å². The summed E-state index contributed by atoms with van der Waals surface area (Å²) >= 11 is 9.37. The zero-order chi connectivity index (χ0) is 18.9. The van der Waals surface area contributed by atoms with Gasteiger partial charge in [0.05, 0.1) is 11.6 Å². The Labute approximate surface area is 164 Å². The predicted octanol–water partition coefficient (Wildman–Crippen LogP) is 3.10. The lowest BCUT2D eigenvalue weighted by Crippen LogP contribution is -2.34. The minimum Gasteiger partial charge on any atom is -0.492 e. The molecule has 0 bridgehead atoms. The number of ether oxygens (including phenoxy) is 1. The Balaban J connectivity index is 1.55. The fourth-order valence-electron chi connectivity index (χ4n) is 2.04. The van der Waals surface area contributed by atoms with E-state index in [1.807, 2.05) is 6.07 Å². The van der Waals surface area contributed by atoms with Crippen LogP contribution in [0.4, 0.5) is 0 Å². The minimum atomic E-state index is -0.337. The van der Waals surface area contributed by atoms with Gasteiger partial charge >= 0.3 is 0 Å². The molecule has 0 saturated carbocycles. The van der Waals surface area contributed by atoms with Crippen LogP contribution >= 0.6 is 27.5 Å². The van der Waals surface area contributed by atoms with Crippen LogP contribution in [-0.4, -0.2) is 36.7 Å². The Morgan fingerprint density at radius 2 is 2.04 bits per heavy atom. The molecule has 0 aliphatic heterocycles. The molecular weight excluding hydrogens is 426 g/mol. The normalized spacial score (nSPS) is 10.4. The Morgan fingerprint density at radius 3 is 2.73 bits per heavy atom. The van der Waals surface area contributed by atoms with E-state index in [0.29, 0.717) is 49.1 Å². The molecule has 0 atom stereocenters. The van der Waals surface area contributed by atoms with Crippen molar-refractivity contribution in [2.45, 2.75) is 19.8 Å². The van der Waals surface area contributed by atoms with E-state index in [1.165, 1.54) is 0 Å². The number of benzene rings is 1. The number of hydrogen-bond acceptors (Lipinski definition) is 5. The van der Waals surface area contributed by atoms with Crippen molar-refractivity contribution in [3.8, 4) is 5.75 Å². The van der Waals surface area contributed by atoms with Crippen LogP contribution in [0.2, 0.25) is 5.02 Å². The molecule has 2 N–H and O–H groups in total. The number of aryl methyl sites for hydroxylation is 1.